The van der Waals surface area contributed by atoms with Gasteiger partial charge < -0.3 is 24.6 Å². The normalized spacial score (nSPS) is 18.8. The van der Waals surface area contributed by atoms with Crippen LogP contribution in [0.5, 0.6) is 5.75 Å². The minimum atomic E-state index is -4.51. The summed E-state index contributed by atoms with van der Waals surface area (Å²) in [6, 6.07) is 10.3. The number of likely N-dealkylation sites (tertiary alicyclic amines) is 1. The van der Waals surface area contributed by atoms with Gasteiger partial charge in [0.05, 0.1) is 42.5 Å². The molecule has 0 aliphatic carbocycles. The molecular weight excluding hydrogens is 435 g/mol. The molecule has 176 valence electrons. The van der Waals surface area contributed by atoms with E-state index in [0.29, 0.717) is 44.3 Å². The third kappa shape index (κ3) is 5.24. The number of nitrogens with one attached hydrogen (secondary N) is 1. The van der Waals surface area contributed by atoms with Gasteiger partial charge >= 0.3 is 12.2 Å². The zero-order valence-electron chi connectivity index (χ0n) is 18.1. The predicted molar refractivity (Wildman–Crippen MR) is 119 cm³/mol. The summed E-state index contributed by atoms with van der Waals surface area (Å²) in [4.78, 5) is 16.8. The van der Waals surface area contributed by atoms with E-state index < -0.39 is 17.8 Å². The Morgan fingerprint density at radius 2 is 1.85 bits per heavy atom. The molecule has 2 aromatic rings. The van der Waals surface area contributed by atoms with Gasteiger partial charge in [0, 0.05) is 19.6 Å². The zero-order valence-corrected chi connectivity index (χ0v) is 18.1. The van der Waals surface area contributed by atoms with Crippen molar-refractivity contribution in [2.24, 2.45) is 0 Å². The van der Waals surface area contributed by atoms with E-state index in [1.54, 1.807) is 17.0 Å². The number of hydrogen-bond donors (Lipinski definition) is 1. The van der Waals surface area contributed by atoms with Gasteiger partial charge in [0.2, 0.25) is 0 Å². The molecular formula is C24H26F3N3O3. The van der Waals surface area contributed by atoms with Gasteiger partial charge in [0.25, 0.3) is 0 Å². The highest BCUT2D eigenvalue weighted by Gasteiger charge is 2.34. The zero-order chi connectivity index (χ0) is 23.4. The van der Waals surface area contributed by atoms with Crippen molar-refractivity contribution in [2.75, 3.05) is 43.1 Å². The van der Waals surface area contributed by atoms with E-state index in [0.717, 1.165) is 30.5 Å². The lowest BCUT2D eigenvalue weighted by Crippen LogP contribution is -2.38. The Morgan fingerprint density at radius 3 is 2.52 bits per heavy atom. The van der Waals surface area contributed by atoms with Gasteiger partial charge in [-0.25, -0.2) is 4.79 Å². The molecule has 0 saturated carbocycles. The van der Waals surface area contributed by atoms with Gasteiger partial charge in [-0.2, -0.15) is 13.2 Å². The number of carbonyl (C=O) groups is 1. The number of anilines is 2. The fourth-order valence-corrected chi connectivity index (χ4v) is 4.30. The van der Waals surface area contributed by atoms with E-state index in [2.05, 4.69) is 11.9 Å². The smallest absolute Gasteiger partial charge is 0.416 e. The maximum Gasteiger partial charge on any atom is 0.416 e. The first kappa shape index (κ1) is 23.0. The molecule has 2 aliphatic rings. The minimum Gasteiger partial charge on any atom is -0.466 e. The molecule has 2 aliphatic heterocycles. The minimum absolute atomic E-state index is 0.150. The standard InChI is InChI=1S/C24H26F3N3O3/c1-2-33-19-8-5-17(6-9-19)21-4-3-11-30(21)23(31)28-20-16-18(24(25,26)27)7-10-22(20)29-12-14-32-15-13-29/h2,5-10,16,21H,1,3-4,11-15H2,(H,28,31). The van der Waals surface area contributed by atoms with Crippen molar-refractivity contribution in [2.45, 2.75) is 25.1 Å². The van der Waals surface area contributed by atoms with Crippen LogP contribution in [0.25, 0.3) is 0 Å². The predicted octanol–water partition coefficient (Wildman–Crippen LogP) is 5.43. The highest BCUT2D eigenvalue weighted by Crippen LogP contribution is 2.37. The highest BCUT2D eigenvalue weighted by atomic mass is 19.4. The van der Waals surface area contributed by atoms with E-state index in [-0.39, 0.29) is 11.7 Å². The molecule has 2 aromatic carbocycles. The van der Waals surface area contributed by atoms with E-state index in [1.165, 1.54) is 12.3 Å². The third-order valence-electron chi connectivity index (χ3n) is 5.92. The number of urea groups is 1. The van der Waals surface area contributed by atoms with Crippen molar-refractivity contribution in [1.29, 1.82) is 0 Å². The number of halogens is 3. The summed E-state index contributed by atoms with van der Waals surface area (Å²) in [5.41, 5.74) is 0.848. The van der Waals surface area contributed by atoms with E-state index >= 15 is 0 Å². The van der Waals surface area contributed by atoms with E-state index in [4.69, 9.17) is 9.47 Å². The van der Waals surface area contributed by atoms with E-state index in [9.17, 15) is 18.0 Å². The maximum absolute atomic E-state index is 13.4. The summed E-state index contributed by atoms with van der Waals surface area (Å²) < 4.78 is 50.7. The van der Waals surface area contributed by atoms with Crippen LogP contribution in [0.1, 0.15) is 30.0 Å². The Hall–Kier alpha value is -3.20. The molecule has 2 saturated heterocycles. The summed E-state index contributed by atoms with van der Waals surface area (Å²) in [7, 11) is 0. The van der Waals surface area contributed by atoms with Crippen LogP contribution in [0.2, 0.25) is 0 Å². The largest absolute Gasteiger partial charge is 0.466 e. The van der Waals surface area contributed by atoms with Crippen LogP contribution in [-0.4, -0.2) is 43.8 Å². The van der Waals surface area contributed by atoms with Crippen molar-refractivity contribution in [3.8, 4) is 5.75 Å². The molecule has 1 atom stereocenters. The first-order valence-corrected chi connectivity index (χ1v) is 10.9. The lowest BCUT2D eigenvalue weighted by atomic mass is 10.0. The van der Waals surface area contributed by atoms with Gasteiger partial charge in [0.15, 0.2) is 0 Å². The first-order chi connectivity index (χ1) is 15.9. The molecule has 0 radical (unpaired) electrons. The Balaban J connectivity index is 1.57. The second kappa shape index (κ2) is 9.74. The molecule has 1 N–H and O–H groups in total. The SMILES string of the molecule is C=COc1ccc(C2CCCN2C(=O)Nc2cc(C(F)(F)F)ccc2N2CCOCC2)cc1. The van der Waals surface area contributed by atoms with Crippen LogP contribution < -0.4 is 15.0 Å². The summed E-state index contributed by atoms with van der Waals surface area (Å²) >= 11 is 0. The first-order valence-electron chi connectivity index (χ1n) is 10.9. The topological polar surface area (TPSA) is 54.0 Å². The molecule has 0 aromatic heterocycles. The number of ether oxygens (including phenoxy) is 2. The molecule has 2 fully saturated rings. The van der Waals surface area contributed by atoms with Crippen LogP contribution in [0, 0.1) is 0 Å². The Kier molecular flexibility index (Phi) is 6.78. The fourth-order valence-electron chi connectivity index (χ4n) is 4.30. The Labute approximate surface area is 190 Å². The van der Waals surface area contributed by atoms with Crippen LogP contribution >= 0.6 is 0 Å². The van der Waals surface area contributed by atoms with Gasteiger partial charge in [-0.3, -0.25) is 0 Å². The molecule has 0 bridgehead atoms. The number of alkyl halides is 3. The molecule has 9 heteroatoms. The number of amides is 2. The number of benzene rings is 2. The average molecular weight is 461 g/mol. The molecule has 1 unspecified atom stereocenters. The van der Waals surface area contributed by atoms with Crippen LogP contribution in [0.3, 0.4) is 0 Å². The van der Waals surface area contributed by atoms with Gasteiger partial charge in [0.1, 0.15) is 5.75 Å². The summed E-state index contributed by atoms with van der Waals surface area (Å²) in [6.07, 6.45) is -1.59. The number of nitrogens with zero attached hydrogens (tertiary/aromatic N) is 2. The number of carbonyl (C=O) groups excluding carboxylic acids is 1. The van der Waals surface area contributed by atoms with E-state index in [1.807, 2.05) is 17.0 Å². The van der Waals surface area contributed by atoms with Crippen LogP contribution in [0.4, 0.5) is 29.3 Å². The fraction of sp³-hybridized carbons (Fsp3) is 0.375. The molecule has 2 heterocycles. The summed E-state index contributed by atoms with van der Waals surface area (Å²) in [6.45, 7) is 6.09. The van der Waals surface area contributed by atoms with Crippen LogP contribution in [-0.2, 0) is 10.9 Å². The summed E-state index contributed by atoms with van der Waals surface area (Å²) in [5.74, 6) is 0.641. The molecule has 6 nitrogen and oxygen atoms in total. The Bertz CT molecular complexity index is 989. The quantitative estimate of drug-likeness (QED) is 0.603. The lowest BCUT2D eigenvalue weighted by molar-refractivity contribution is -0.137. The monoisotopic (exact) mass is 461 g/mol. The van der Waals surface area contributed by atoms with Gasteiger partial charge in [-0.1, -0.05) is 18.7 Å². The highest BCUT2D eigenvalue weighted by molar-refractivity contribution is 5.94. The lowest BCUT2D eigenvalue weighted by Gasteiger charge is -2.32. The van der Waals surface area contributed by atoms with Crippen molar-refractivity contribution < 1.29 is 27.4 Å². The van der Waals surface area contributed by atoms with Crippen LogP contribution in [0.15, 0.2) is 55.3 Å². The van der Waals surface area contributed by atoms with Crippen molar-refractivity contribution in [3.05, 3.63) is 66.4 Å². The molecule has 0 spiro atoms. The second-order valence-electron chi connectivity index (χ2n) is 7.96. The van der Waals surface area contributed by atoms with Crippen molar-refractivity contribution in [3.63, 3.8) is 0 Å². The molecule has 4 rings (SSSR count). The maximum atomic E-state index is 13.4. The number of morpholine rings is 1. The average Bonchev–Trinajstić information content (AvgIpc) is 3.30. The third-order valence-corrected chi connectivity index (χ3v) is 5.92. The molecule has 2 amide bonds. The van der Waals surface area contributed by atoms with Gasteiger partial charge in [-0.05, 0) is 48.7 Å². The van der Waals surface area contributed by atoms with Crippen molar-refractivity contribution in [1.82, 2.24) is 4.90 Å². The van der Waals surface area contributed by atoms with Crippen molar-refractivity contribution >= 4 is 17.4 Å². The Morgan fingerprint density at radius 1 is 1.12 bits per heavy atom. The second-order valence-corrected chi connectivity index (χ2v) is 7.96. The number of rotatable bonds is 5. The van der Waals surface area contributed by atoms with Gasteiger partial charge in [-0.15, -0.1) is 0 Å². The molecule has 33 heavy (non-hydrogen) atoms. The summed E-state index contributed by atoms with van der Waals surface area (Å²) in [5, 5.41) is 2.76. The number of hydrogen-bond acceptors (Lipinski definition) is 4.